The summed E-state index contributed by atoms with van der Waals surface area (Å²) in [5, 5.41) is 0.668. The standard InChI is InChI=1S/C12H12ClNO2/c1-16-7-9-6-10(13)2-3-11(9)12(4-5-12)14-8-15/h2-3,6H,4-5,7H2,1H3. The van der Waals surface area contributed by atoms with Gasteiger partial charge >= 0.3 is 0 Å². The van der Waals surface area contributed by atoms with E-state index in [2.05, 4.69) is 4.99 Å². The van der Waals surface area contributed by atoms with Crippen LogP contribution in [0.4, 0.5) is 0 Å². The highest BCUT2D eigenvalue weighted by molar-refractivity contribution is 6.30. The van der Waals surface area contributed by atoms with Crippen LogP contribution >= 0.6 is 11.6 Å². The van der Waals surface area contributed by atoms with Crippen molar-refractivity contribution >= 4 is 17.7 Å². The second-order valence-electron chi connectivity index (χ2n) is 3.97. The average molecular weight is 238 g/mol. The molecule has 0 heterocycles. The summed E-state index contributed by atoms with van der Waals surface area (Å²) in [7, 11) is 1.63. The van der Waals surface area contributed by atoms with Gasteiger partial charge in [-0.25, -0.2) is 4.79 Å². The fraction of sp³-hybridized carbons (Fsp3) is 0.417. The Labute approximate surface area is 99.1 Å². The second-order valence-corrected chi connectivity index (χ2v) is 4.41. The van der Waals surface area contributed by atoms with Crippen molar-refractivity contribution in [2.75, 3.05) is 7.11 Å². The molecule has 1 fully saturated rings. The van der Waals surface area contributed by atoms with Gasteiger partial charge in [-0.15, -0.1) is 0 Å². The molecule has 4 heteroatoms. The molecule has 0 N–H and O–H groups in total. The van der Waals surface area contributed by atoms with Crippen molar-refractivity contribution < 1.29 is 9.53 Å². The lowest BCUT2D eigenvalue weighted by Crippen LogP contribution is -2.07. The molecule has 0 unspecified atom stereocenters. The van der Waals surface area contributed by atoms with Crippen LogP contribution in [0.1, 0.15) is 24.0 Å². The highest BCUT2D eigenvalue weighted by Crippen LogP contribution is 2.50. The second kappa shape index (κ2) is 4.38. The van der Waals surface area contributed by atoms with Crippen LogP contribution in [0.25, 0.3) is 0 Å². The first-order chi connectivity index (χ1) is 7.72. The zero-order valence-corrected chi connectivity index (χ0v) is 9.75. The van der Waals surface area contributed by atoms with Gasteiger partial charge in [-0.3, -0.25) is 0 Å². The summed E-state index contributed by atoms with van der Waals surface area (Å²) in [6.45, 7) is 0.478. The van der Waals surface area contributed by atoms with Crippen molar-refractivity contribution in [3.05, 3.63) is 34.3 Å². The third-order valence-electron chi connectivity index (χ3n) is 2.85. The van der Waals surface area contributed by atoms with E-state index in [9.17, 15) is 4.79 Å². The quantitative estimate of drug-likeness (QED) is 0.597. The van der Waals surface area contributed by atoms with Crippen LogP contribution in [-0.4, -0.2) is 13.2 Å². The number of nitrogens with zero attached hydrogens (tertiary/aromatic N) is 1. The van der Waals surface area contributed by atoms with Crippen molar-refractivity contribution in [1.82, 2.24) is 0 Å². The number of isocyanates is 1. The largest absolute Gasteiger partial charge is 0.380 e. The van der Waals surface area contributed by atoms with E-state index in [0.29, 0.717) is 11.6 Å². The zero-order chi connectivity index (χ0) is 11.6. The summed E-state index contributed by atoms with van der Waals surface area (Å²) < 4.78 is 5.13. The Balaban J connectivity index is 2.43. The third kappa shape index (κ3) is 2.03. The van der Waals surface area contributed by atoms with Gasteiger partial charge in [0.25, 0.3) is 0 Å². The van der Waals surface area contributed by atoms with E-state index in [4.69, 9.17) is 16.3 Å². The number of carbonyl (C=O) groups excluding carboxylic acids is 1. The molecule has 1 aliphatic carbocycles. The van der Waals surface area contributed by atoms with Gasteiger partial charge in [0.15, 0.2) is 0 Å². The molecule has 3 nitrogen and oxygen atoms in total. The van der Waals surface area contributed by atoms with Gasteiger partial charge in [0, 0.05) is 12.1 Å². The normalized spacial score (nSPS) is 16.6. The Morgan fingerprint density at radius 2 is 2.31 bits per heavy atom. The van der Waals surface area contributed by atoms with Crippen LogP contribution in [0.5, 0.6) is 0 Å². The molecule has 0 aromatic heterocycles. The number of aliphatic imine (C=N–C) groups is 1. The van der Waals surface area contributed by atoms with Crippen LogP contribution in [0, 0.1) is 0 Å². The lowest BCUT2D eigenvalue weighted by molar-refractivity contribution is 0.183. The van der Waals surface area contributed by atoms with E-state index in [1.807, 2.05) is 18.2 Å². The van der Waals surface area contributed by atoms with Gasteiger partial charge in [-0.1, -0.05) is 17.7 Å². The number of benzene rings is 1. The number of hydrogen-bond acceptors (Lipinski definition) is 3. The topological polar surface area (TPSA) is 38.7 Å². The summed E-state index contributed by atoms with van der Waals surface area (Å²) >= 11 is 5.94. The molecule has 2 rings (SSSR count). The number of hydrogen-bond donors (Lipinski definition) is 0. The van der Waals surface area contributed by atoms with Crippen LogP contribution in [0.2, 0.25) is 5.02 Å². The molecule has 84 valence electrons. The smallest absolute Gasteiger partial charge is 0.235 e. The van der Waals surface area contributed by atoms with Crippen molar-refractivity contribution in [3.63, 3.8) is 0 Å². The fourth-order valence-electron chi connectivity index (χ4n) is 1.94. The lowest BCUT2D eigenvalue weighted by atomic mass is 9.99. The van der Waals surface area contributed by atoms with Crippen LogP contribution in [0.3, 0.4) is 0 Å². The summed E-state index contributed by atoms with van der Waals surface area (Å²) in [5.74, 6) is 0. The van der Waals surface area contributed by atoms with Gasteiger partial charge < -0.3 is 4.74 Å². The first-order valence-corrected chi connectivity index (χ1v) is 5.46. The van der Waals surface area contributed by atoms with Crippen molar-refractivity contribution in [1.29, 1.82) is 0 Å². The zero-order valence-electron chi connectivity index (χ0n) is 9.00. The molecule has 0 saturated heterocycles. The molecule has 1 aromatic carbocycles. The maximum atomic E-state index is 10.4. The van der Waals surface area contributed by atoms with Crippen molar-refractivity contribution in [2.45, 2.75) is 25.0 Å². The molecular weight excluding hydrogens is 226 g/mol. The monoisotopic (exact) mass is 237 g/mol. The van der Waals surface area contributed by atoms with Gasteiger partial charge in [-0.05, 0) is 36.1 Å². The van der Waals surface area contributed by atoms with Gasteiger partial charge in [0.05, 0.1) is 12.1 Å². The molecule has 0 amide bonds. The summed E-state index contributed by atoms with van der Waals surface area (Å²) in [4.78, 5) is 14.3. The predicted octanol–water partition coefficient (Wildman–Crippen LogP) is 2.81. The molecule has 1 aromatic rings. The predicted molar refractivity (Wildman–Crippen MR) is 61.2 cm³/mol. The van der Waals surface area contributed by atoms with Gasteiger partial charge in [-0.2, -0.15) is 4.99 Å². The highest BCUT2D eigenvalue weighted by atomic mass is 35.5. The molecule has 0 aliphatic heterocycles. The van der Waals surface area contributed by atoms with E-state index < -0.39 is 0 Å². The molecule has 0 bridgehead atoms. The van der Waals surface area contributed by atoms with Crippen LogP contribution < -0.4 is 0 Å². The Kier molecular flexibility index (Phi) is 3.10. The number of ether oxygens (including phenoxy) is 1. The molecular formula is C12H12ClNO2. The maximum absolute atomic E-state index is 10.4. The van der Waals surface area contributed by atoms with E-state index in [-0.39, 0.29) is 5.54 Å². The van der Waals surface area contributed by atoms with Crippen LogP contribution in [0.15, 0.2) is 23.2 Å². The van der Waals surface area contributed by atoms with E-state index in [1.54, 1.807) is 13.2 Å². The minimum absolute atomic E-state index is 0.361. The Morgan fingerprint density at radius 1 is 1.56 bits per heavy atom. The molecule has 0 spiro atoms. The minimum Gasteiger partial charge on any atom is -0.380 e. The lowest BCUT2D eigenvalue weighted by Gasteiger charge is -2.14. The first kappa shape index (κ1) is 11.3. The third-order valence-corrected chi connectivity index (χ3v) is 3.09. The van der Waals surface area contributed by atoms with Crippen molar-refractivity contribution in [2.24, 2.45) is 4.99 Å². The molecule has 0 atom stereocenters. The van der Waals surface area contributed by atoms with Crippen LogP contribution in [-0.2, 0) is 21.7 Å². The summed E-state index contributed by atoms with van der Waals surface area (Å²) in [6.07, 6.45) is 3.43. The number of rotatable bonds is 4. The Morgan fingerprint density at radius 3 is 2.88 bits per heavy atom. The SMILES string of the molecule is COCc1cc(Cl)ccc1C1(N=C=O)CC1. The average Bonchev–Trinajstić information content (AvgIpc) is 3.00. The van der Waals surface area contributed by atoms with E-state index in [0.717, 1.165) is 24.0 Å². The number of halogens is 1. The van der Waals surface area contributed by atoms with E-state index >= 15 is 0 Å². The summed E-state index contributed by atoms with van der Waals surface area (Å²) in [5.41, 5.74) is 1.66. The molecule has 16 heavy (non-hydrogen) atoms. The number of methoxy groups -OCH3 is 1. The minimum atomic E-state index is -0.361. The van der Waals surface area contributed by atoms with Crippen molar-refractivity contribution in [3.8, 4) is 0 Å². The Hall–Kier alpha value is -1.15. The van der Waals surface area contributed by atoms with E-state index in [1.165, 1.54) is 0 Å². The first-order valence-electron chi connectivity index (χ1n) is 5.09. The molecule has 1 saturated carbocycles. The molecule has 1 aliphatic rings. The Bertz CT molecular complexity index is 448. The molecule has 0 radical (unpaired) electrons. The highest BCUT2D eigenvalue weighted by Gasteiger charge is 2.46. The van der Waals surface area contributed by atoms with Gasteiger partial charge in [0.1, 0.15) is 0 Å². The van der Waals surface area contributed by atoms with Gasteiger partial charge in [0.2, 0.25) is 6.08 Å². The fourth-order valence-corrected chi connectivity index (χ4v) is 2.13. The summed E-state index contributed by atoms with van der Waals surface area (Å²) in [6, 6.07) is 5.60. The maximum Gasteiger partial charge on any atom is 0.235 e.